The lowest BCUT2D eigenvalue weighted by atomic mass is 10.1. The Morgan fingerprint density at radius 2 is 1.56 bits per heavy atom. The number of nitrogens with one attached hydrogen (secondary N) is 1. The monoisotopic (exact) mass is 350 g/mol. The van der Waals surface area contributed by atoms with Crippen LogP contribution in [0.5, 0.6) is 0 Å². The van der Waals surface area contributed by atoms with Crippen LogP contribution in [0.4, 0.5) is 0 Å². The maximum absolute atomic E-state index is 8.87. The standard InChI is InChI=1S/C23H18N4/c24-15-19-6-4-17(5-7-19)13-21-16-26-23(27-21)14-18-8-10-20(11-9-18)22-3-1-2-12-25-22/h1-12,16H,13-14H2,(H,26,27). The quantitative estimate of drug-likeness (QED) is 0.575. The average molecular weight is 350 g/mol. The number of aromatic amines is 1. The van der Waals surface area contributed by atoms with Crippen molar-refractivity contribution in [2.75, 3.05) is 0 Å². The van der Waals surface area contributed by atoms with Gasteiger partial charge in [-0.25, -0.2) is 4.98 Å². The van der Waals surface area contributed by atoms with Crippen LogP contribution >= 0.6 is 0 Å². The maximum atomic E-state index is 8.87. The summed E-state index contributed by atoms with van der Waals surface area (Å²) in [6.07, 6.45) is 5.23. The van der Waals surface area contributed by atoms with Crippen molar-refractivity contribution in [2.24, 2.45) is 0 Å². The summed E-state index contributed by atoms with van der Waals surface area (Å²) in [5.41, 5.74) is 6.20. The van der Waals surface area contributed by atoms with Crippen LogP contribution in [0.15, 0.2) is 79.1 Å². The van der Waals surface area contributed by atoms with Crippen molar-refractivity contribution in [3.63, 3.8) is 0 Å². The summed E-state index contributed by atoms with van der Waals surface area (Å²) in [6, 6.07) is 24.1. The van der Waals surface area contributed by atoms with Crippen LogP contribution in [0, 0.1) is 11.3 Å². The molecule has 0 aliphatic carbocycles. The van der Waals surface area contributed by atoms with E-state index in [9.17, 15) is 0 Å². The topological polar surface area (TPSA) is 65.4 Å². The van der Waals surface area contributed by atoms with E-state index in [1.807, 2.05) is 54.9 Å². The van der Waals surface area contributed by atoms with Gasteiger partial charge >= 0.3 is 0 Å². The SMILES string of the molecule is N#Cc1ccc(Cc2cnc(Cc3ccc(-c4ccccn4)cc3)[nH]2)cc1. The Labute approximate surface area is 158 Å². The summed E-state index contributed by atoms with van der Waals surface area (Å²) in [5, 5.41) is 8.87. The highest BCUT2D eigenvalue weighted by Gasteiger charge is 2.05. The molecule has 0 atom stereocenters. The van der Waals surface area contributed by atoms with Gasteiger partial charge in [0, 0.05) is 36.5 Å². The second-order valence-electron chi connectivity index (χ2n) is 6.43. The number of H-pyrrole nitrogens is 1. The summed E-state index contributed by atoms with van der Waals surface area (Å²) in [5.74, 6) is 0.948. The first kappa shape index (κ1) is 16.7. The van der Waals surface area contributed by atoms with E-state index in [1.54, 1.807) is 0 Å². The lowest BCUT2D eigenvalue weighted by Gasteiger charge is -2.03. The largest absolute Gasteiger partial charge is 0.345 e. The Morgan fingerprint density at radius 1 is 0.815 bits per heavy atom. The third-order valence-electron chi connectivity index (χ3n) is 4.44. The number of benzene rings is 2. The number of rotatable bonds is 5. The van der Waals surface area contributed by atoms with Gasteiger partial charge in [-0.15, -0.1) is 0 Å². The minimum Gasteiger partial charge on any atom is -0.345 e. The highest BCUT2D eigenvalue weighted by atomic mass is 14.9. The first-order chi connectivity index (χ1) is 13.3. The normalized spacial score (nSPS) is 10.5. The van der Waals surface area contributed by atoms with E-state index in [2.05, 4.69) is 45.3 Å². The van der Waals surface area contributed by atoms with Crippen molar-refractivity contribution >= 4 is 0 Å². The Morgan fingerprint density at radius 3 is 2.26 bits per heavy atom. The molecule has 0 fully saturated rings. The van der Waals surface area contributed by atoms with E-state index >= 15 is 0 Å². The fourth-order valence-corrected chi connectivity index (χ4v) is 3.02. The molecule has 2 aromatic heterocycles. The van der Waals surface area contributed by atoms with Crippen LogP contribution in [0.25, 0.3) is 11.3 Å². The maximum Gasteiger partial charge on any atom is 0.110 e. The Kier molecular flexibility index (Phi) is 4.76. The van der Waals surface area contributed by atoms with Crippen LogP contribution in [-0.2, 0) is 12.8 Å². The molecular formula is C23H18N4. The number of hydrogen-bond acceptors (Lipinski definition) is 3. The number of nitriles is 1. The molecule has 0 amide bonds. The smallest absolute Gasteiger partial charge is 0.110 e. The molecule has 0 radical (unpaired) electrons. The molecule has 1 N–H and O–H groups in total. The fraction of sp³-hybridized carbons (Fsp3) is 0.0870. The molecule has 4 rings (SSSR count). The van der Waals surface area contributed by atoms with Crippen molar-refractivity contribution < 1.29 is 0 Å². The highest BCUT2D eigenvalue weighted by Crippen LogP contribution is 2.18. The molecule has 0 aliphatic rings. The molecule has 0 spiro atoms. The van der Waals surface area contributed by atoms with Gasteiger partial charge in [-0.05, 0) is 35.4 Å². The van der Waals surface area contributed by atoms with Gasteiger partial charge in [0.15, 0.2) is 0 Å². The van der Waals surface area contributed by atoms with Gasteiger partial charge in [-0.3, -0.25) is 4.98 Å². The van der Waals surface area contributed by atoms with E-state index in [0.717, 1.165) is 41.2 Å². The molecular weight excluding hydrogens is 332 g/mol. The minimum atomic E-state index is 0.679. The van der Waals surface area contributed by atoms with Crippen molar-refractivity contribution in [3.8, 4) is 17.3 Å². The zero-order valence-corrected chi connectivity index (χ0v) is 14.8. The van der Waals surface area contributed by atoms with Crippen LogP contribution in [0.1, 0.15) is 28.2 Å². The molecule has 0 unspecified atom stereocenters. The number of nitrogens with zero attached hydrogens (tertiary/aromatic N) is 3. The summed E-state index contributed by atoms with van der Waals surface area (Å²) >= 11 is 0. The second kappa shape index (κ2) is 7.67. The molecule has 4 aromatic rings. The van der Waals surface area contributed by atoms with E-state index < -0.39 is 0 Å². The van der Waals surface area contributed by atoms with Gasteiger partial charge in [-0.2, -0.15) is 5.26 Å². The molecule has 0 aliphatic heterocycles. The minimum absolute atomic E-state index is 0.679. The van der Waals surface area contributed by atoms with Gasteiger partial charge in [0.25, 0.3) is 0 Å². The Hall–Kier alpha value is -3.71. The summed E-state index contributed by atoms with van der Waals surface area (Å²) < 4.78 is 0. The zero-order chi connectivity index (χ0) is 18.5. The van der Waals surface area contributed by atoms with E-state index in [1.165, 1.54) is 5.56 Å². The van der Waals surface area contributed by atoms with Crippen LogP contribution in [0.3, 0.4) is 0 Å². The predicted octanol–water partition coefficient (Wildman–Crippen LogP) is 4.52. The molecule has 2 aromatic carbocycles. The molecule has 4 nitrogen and oxygen atoms in total. The van der Waals surface area contributed by atoms with Crippen molar-refractivity contribution in [1.82, 2.24) is 15.0 Å². The lowest BCUT2D eigenvalue weighted by molar-refractivity contribution is 1.000. The second-order valence-corrected chi connectivity index (χ2v) is 6.43. The Bertz CT molecular complexity index is 1060. The van der Waals surface area contributed by atoms with Crippen molar-refractivity contribution in [1.29, 1.82) is 5.26 Å². The van der Waals surface area contributed by atoms with Crippen molar-refractivity contribution in [3.05, 3.63) is 107 Å². The van der Waals surface area contributed by atoms with Crippen molar-refractivity contribution in [2.45, 2.75) is 12.8 Å². The zero-order valence-electron chi connectivity index (χ0n) is 14.8. The first-order valence-corrected chi connectivity index (χ1v) is 8.82. The third kappa shape index (κ3) is 4.10. The molecule has 0 saturated carbocycles. The van der Waals surface area contributed by atoms with Crippen LogP contribution in [0.2, 0.25) is 0 Å². The first-order valence-electron chi connectivity index (χ1n) is 8.82. The lowest BCUT2D eigenvalue weighted by Crippen LogP contribution is -1.93. The van der Waals surface area contributed by atoms with Crippen LogP contribution in [-0.4, -0.2) is 15.0 Å². The van der Waals surface area contributed by atoms with E-state index in [4.69, 9.17) is 5.26 Å². The number of hydrogen-bond donors (Lipinski definition) is 1. The van der Waals surface area contributed by atoms with Gasteiger partial charge < -0.3 is 4.98 Å². The summed E-state index contributed by atoms with van der Waals surface area (Å²) in [7, 11) is 0. The third-order valence-corrected chi connectivity index (χ3v) is 4.44. The highest BCUT2D eigenvalue weighted by molar-refractivity contribution is 5.59. The van der Waals surface area contributed by atoms with Crippen LogP contribution < -0.4 is 0 Å². The molecule has 4 heteroatoms. The van der Waals surface area contributed by atoms with E-state index in [0.29, 0.717) is 5.56 Å². The molecule has 130 valence electrons. The average Bonchev–Trinajstić information content (AvgIpc) is 3.16. The van der Waals surface area contributed by atoms with Gasteiger partial charge in [0.05, 0.1) is 17.3 Å². The Balaban J connectivity index is 1.42. The molecule has 2 heterocycles. The summed E-state index contributed by atoms with van der Waals surface area (Å²) in [4.78, 5) is 12.3. The number of pyridine rings is 1. The van der Waals surface area contributed by atoms with Gasteiger partial charge in [-0.1, -0.05) is 42.5 Å². The number of aromatic nitrogens is 3. The van der Waals surface area contributed by atoms with Gasteiger partial charge in [0.1, 0.15) is 5.82 Å². The van der Waals surface area contributed by atoms with E-state index in [-0.39, 0.29) is 0 Å². The predicted molar refractivity (Wildman–Crippen MR) is 105 cm³/mol. The summed E-state index contributed by atoms with van der Waals surface area (Å²) in [6.45, 7) is 0. The fourth-order valence-electron chi connectivity index (χ4n) is 3.02. The molecule has 0 saturated heterocycles. The van der Waals surface area contributed by atoms with Gasteiger partial charge in [0.2, 0.25) is 0 Å². The molecule has 0 bridgehead atoms. The molecule has 27 heavy (non-hydrogen) atoms. The number of imidazole rings is 1.